The molecule has 3 rings (SSSR count). The van der Waals surface area contributed by atoms with Crippen LogP contribution in [0.3, 0.4) is 0 Å². The van der Waals surface area contributed by atoms with Crippen molar-refractivity contribution in [1.82, 2.24) is 10.2 Å². The fourth-order valence-corrected chi connectivity index (χ4v) is 4.33. The Kier molecular flexibility index (Phi) is 4.28. The lowest BCUT2D eigenvalue weighted by molar-refractivity contribution is -0.130. The van der Waals surface area contributed by atoms with Crippen LogP contribution in [0.4, 0.5) is 10.1 Å². The number of carbonyl (C=O) groups is 1. The number of rotatable bonds is 3. The molecule has 7 heteroatoms. The van der Waals surface area contributed by atoms with Crippen LogP contribution in [-0.4, -0.2) is 23.8 Å². The number of anilines is 1. The summed E-state index contributed by atoms with van der Waals surface area (Å²) >= 11 is 1.53. The molecule has 1 unspecified atom stereocenters. The van der Waals surface area contributed by atoms with E-state index in [2.05, 4.69) is 5.32 Å². The number of nitrogens with two attached hydrogens (primary N) is 1. The van der Waals surface area contributed by atoms with E-state index in [0.29, 0.717) is 0 Å². The van der Waals surface area contributed by atoms with E-state index in [1.54, 1.807) is 19.2 Å². The van der Waals surface area contributed by atoms with Crippen molar-refractivity contribution in [1.29, 1.82) is 5.41 Å². The summed E-state index contributed by atoms with van der Waals surface area (Å²) in [7, 11) is 1.60. The molecule has 0 saturated carbocycles. The zero-order valence-electron chi connectivity index (χ0n) is 14.4. The second-order valence-electron chi connectivity index (χ2n) is 6.63. The zero-order chi connectivity index (χ0) is 18.4. The molecule has 0 aliphatic carbocycles. The van der Waals surface area contributed by atoms with Gasteiger partial charge >= 0.3 is 0 Å². The molecule has 1 saturated heterocycles. The highest BCUT2D eigenvalue weighted by atomic mass is 32.1. The Bertz CT molecular complexity index is 827. The third-order valence-electron chi connectivity index (χ3n) is 4.79. The molecule has 1 aliphatic heterocycles. The Morgan fingerprint density at radius 2 is 2.08 bits per heavy atom. The first-order chi connectivity index (χ1) is 11.7. The SMILES string of the molecule is CC(C)C1(c2ccc(-c3ccc(F)c(N)c3)s2)CC(=O)N(C)C(=N)N1. The predicted octanol–water partition coefficient (Wildman–Crippen LogP) is 3.37. The van der Waals surface area contributed by atoms with Gasteiger partial charge in [-0.15, -0.1) is 11.3 Å². The topological polar surface area (TPSA) is 82.2 Å². The lowest BCUT2D eigenvalue weighted by Gasteiger charge is -2.44. The third kappa shape index (κ3) is 2.89. The second kappa shape index (κ2) is 6.15. The van der Waals surface area contributed by atoms with Crippen LogP contribution in [0.15, 0.2) is 30.3 Å². The maximum atomic E-state index is 13.4. The predicted molar refractivity (Wildman–Crippen MR) is 98.9 cm³/mol. The summed E-state index contributed by atoms with van der Waals surface area (Å²) in [5.41, 5.74) is 6.00. The van der Waals surface area contributed by atoms with Gasteiger partial charge in [-0.1, -0.05) is 19.9 Å². The molecule has 1 atom stereocenters. The quantitative estimate of drug-likeness (QED) is 0.734. The molecule has 1 aliphatic rings. The minimum atomic E-state index is -0.616. The van der Waals surface area contributed by atoms with E-state index in [1.807, 2.05) is 26.0 Å². The standard InChI is InChI=1S/C18H21FN4OS/c1-10(2)18(9-16(24)23(3)17(21)22-18)15-7-6-14(25-15)11-4-5-12(19)13(20)8-11/h4-8,10H,9,20H2,1-3H3,(H2,21,22). The normalized spacial score (nSPS) is 20.9. The number of hydrogen-bond donors (Lipinski definition) is 3. The Morgan fingerprint density at radius 1 is 1.36 bits per heavy atom. The van der Waals surface area contributed by atoms with Crippen molar-refractivity contribution < 1.29 is 9.18 Å². The molecule has 1 fully saturated rings. The summed E-state index contributed by atoms with van der Waals surface area (Å²) in [4.78, 5) is 15.6. The molecule has 0 spiro atoms. The fraction of sp³-hybridized carbons (Fsp3) is 0.333. The average Bonchev–Trinajstić information content (AvgIpc) is 3.05. The van der Waals surface area contributed by atoms with Gasteiger partial charge in [0.1, 0.15) is 5.82 Å². The average molecular weight is 360 g/mol. The molecule has 1 aromatic carbocycles. The molecule has 1 aromatic heterocycles. The van der Waals surface area contributed by atoms with Crippen LogP contribution >= 0.6 is 11.3 Å². The molecule has 5 nitrogen and oxygen atoms in total. The number of benzene rings is 1. The van der Waals surface area contributed by atoms with Crippen molar-refractivity contribution in [2.75, 3.05) is 12.8 Å². The highest BCUT2D eigenvalue weighted by Gasteiger charge is 2.45. The number of nitrogens with one attached hydrogen (secondary N) is 2. The smallest absolute Gasteiger partial charge is 0.231 e. The van der Waals surface area contributed by atoms with Gasteiger partial charge in [-0.25, -0.2) is 4.39 Å². The third-order valence-corrected chi connectivity index (χ3v) is 6.10. The maximum Gasteiger partial charge on any atom is 0.231 e. The van der Waals surface area contributed by atoms with Crippen LogP contribution in [0.25, 0.3) is 10.4 Å². The maximum absolute atomic E-state index is 13.4. The van der Waals surface area contributed by atoms with Gasteiger partial charge in [-0.2, -0.15) is 0 Å². The summed E-state index contributed by atoms with van der Waals surface area (Å²) in [6.45, 7) is 4.07. The summed E-state index contributed by atoms with van der Waals surface area (Å²) in [5, 5.41) is 11.3. The van der Waals surface area contributed by atoms with Crippen molar-refractivity contribution in [2.45, 2.75) is 25.8 Å². The van der Waals surface area contributed by atoms with Crippen LogP contribution in [0, 0.1) is 17.1 Å². The molecule has 2 heterocycles. The van der Waals surface area contributed by atoms with E-state index in [-0.39, 0.29) is 29.9 Å². The first kappa shape index (κ1) is 17.4. The van der Waals surface area contributed by atoms with E-state index < -0.39 is 11.4 Å². The number of hydrogen-bond acceptors (Lipinski definition) is 4. The molecule has 0 bridgehead atoms. The Hall–Kier alpha value is -2.41. The van der Waals surface area contributed by atoms with Crippen LogP contribution in [0.5, 0.6) is 0 Å². The lowest BCUT2D eigenvalue weighted by atomic mass is 9.80. The van der Waals surface area contributed by atoms with Crippen molar-refractivity contribution in [3.05, 3.63) is 41.0 Å². The van der Waals surface area contributed by atoms with Crippen molar-refractivity contribution >= 4 is 28.9 Å². The highest BCUT2D eigenvalue weighted by molar-refractivity contribution is 7.15. The Labute approximate surface area is 150 Å². The minimum Gasteiger partial charge on any atom is -0.396 e. The molecular formula is C18H21FN4OS. The van der Waals surface area contributed by atoms with Gasteiger partial charge in [0.15, 0.2) is 5.96 Å². The van der Waals surface area contributed by atoms with E-state index in [0.717, 1.165) is 15.3 Å². The van der Waals surface area contributed by atoms with Crippen LogP contribution in [0.1, 0.15) is 25.1 Å². The largest absolute Gasteiger partial charge is 0.396 e. The van der Waals surface area contributed by atoms with E-state index in [4.69, 9.17) is 11.1 Å². The number of amides is 1. The lowest BCUT2D eigenvalue weighted by Crippen LogP contribution is -2.61. The molecule has 132 valence electrons. The van der Waals surface area contributed by atoms with Crippen molar-refractivity contribution in [3.63, 3.8) is 0 Å². The molecule has 2 aromatic rings. The first-order valence-corrected chi connectivity index (χ1v) is 8.85. The van der Waals surface area contributed by atoms with Gasteiger partial charge in [0.25, 0.3) is 0 Å². The van der Waals surface area contributed by atoms with Crippen LogP contribution in [-0.2, 0) is 10.3 Å². The summed E-state index contributed by atoms with van der Waals surface area (Å²) < 4.78 is 13.4. The van der Waals surface area contributed by atoms with E-state index >= 15 is 0 Å². The zero-order valence-corrected chi connectivity index (χ0v) is 15.2. The second-order valence-corrected chi connectivity index (χ2v) is 7.71. The molecule has 0 radical (unpaired) electrons. The van der Waals surface area contributed by atoms with E-state index in [1.165, 1.54) is 22.3 Å². The van der Waals surface area contributed by atoms with Crippen LogP contribution < -0.4 is 11.1 Å². The number of thiophene rings is 1. The number of nitrogen functional groups attached to an aromatic ring is 1. The number of guanidine groups is 1. The summed E-state index contributed by atoms with van der Waals surface area (Å²) in [6, 6.07) is 8.58. The molecular weight excluding hydrogens is 339 g/mol. The van der Waals surface area contributed by atoms with Gasteiger partial charge in [0, 0.05) is 16.8 Å². The molecule has 4 N–H and O–H groups in total. The Morgan fingerprint density at radius 3 is 2.68 bits per heavy atom. The number of carbonyl (C=O) groups excluding carboxylic acids is 1. The molecule has 25 heavy (non-hydrogen) atoms. The van der Waals surface area contributed by atoms with Crippen molar-refractivity contribution in [2.24, 2.45) is 5.92 Å². The fourth-order valence-electron chi connectivity index (χ4n) is 3.03. The number of nitrogens with zero attached hydrogens (tertiary/aromatic N) is 1. The number of halogens is 1. The minimum absolute atomic E-state index is 0.0848. The van der Waals surface area contributed by atoms with E-state index in [9.17, 15) is 9.18 Å². The van der Waals surface area contributed by atoms with Crippen LogP contribution in [0.2, 0.25) is 0 Å². The summed E-state index contributed by atoms with van der Waals surface area (Å²) in [6.07, 6.45) is 0.287. The van der Waals surface area contributed by atoms with Crippen molar-refractivity contribution in [3.8, 4) is 10.4 Å². The van der Waals surface area contributed by atoms with Gasteiger partial charge < -0.3 is 11.1 Å². The first-order valence-electron chi connectivity index (χ1n) is 8.03. The van der Waals surface area contributed by atoms with Gasteiger partial charge in [-0.05, 0) is 35.7 Å². The monoisotopic (exact) mass is 360 g/mol. The molecule has 1 amide bonds. The van der Waals surface area contributed by atoms with Gasteiger partial charge in [0.2, 0.25) is 5.91 Å². The highest BCUT2D eigenvalue weighted by Crippen LogP contribution is 2.42. The summed E-state index contributed by atoms with van der Waals surface area (Å²) in [5.74, 6) is -0.310. The Balaban J connectivity index is 2.02. The van der Waals surface area contributed by atoms with Gasteiger partial charge in [-0.3, -0.25) is 15.1 Å². The van der Waals surface area contributed by atoms with Gasteiger partial charge in [0.05, 0.1) is 17.6 Å².